The number of ether oxygens (including phenoxy) is 1. The third-order valence-electron chi connectivity index (χ3n) is 2.68. The lowest BCUT2D eigenvalue weighted by atomic mass is 10.1. The van der Waals surface area contributed by atoms with Gasteiger partial charge in [0.1, 0.15) is 6.61 Å². The van der Waals surface area contributed by atoms with Crippen molar-refractivity contribution in [1.29, 1.82) is 0 Å². The molecule has 0 spiro atoms. The molecule has 1 atom stereocenters. The molecule has 0 radical (unpaired) electrons. The minimum Gasteiger partial charge on any atom is -0.463 e. The predicted octanol–water partition coefficient (Wildman–Crippen LogP) is 2.61. The van der Waals surface area contributed by atoms with Crippen molar-refractivity contribution >= 4 is 6.02 Å². The summed E-state index contributed by atoms with van der Waals surface area (Å²) < 4.78 is 44.6. The van der Waals surface area contributed by atoms with Crippen molar-refractivity contribution in [2.45, 2.75) is 12.2 Å². The summed E-state index contributed by atoms with van der Waals surface area (Å²) in [6.07, 6.45) is -4.38. The molecule has 1 aromatic rings. The van der Waals surface area contributed by atoms with E-state index in [9.17, 15) is 13.2 Å². The van der Waals surface area contributed by atoms with E-state index in [4.69, 9.17) is 4.74 Å². The van der Waals surface area contributed by atoms with Gasteiger partial charge in [0.2, 0.25) is 0 Å². The molecule has 0 amide bonds. The first-order valence-electron chi connectivity index (χ1n) is 5.52. The highest BCUT2D eigenvalue weighted by Gasteiger charge is 2.45. The first-order chi connectivity index (χ1) is 8.50. The number of rotatable bonds is 2. The van der Waals surface area contributed by atoms with Crippen LogP contribution in [0.15, 0.2) is 35.3 Å². The summed E-state index contributed by atoms with van der Waals surface area (Å²) in [5.74, 6) is 0. The van der Waals surface area contributed by atoms with E-state index in [0.717, 1.165) is 4.90 Å². The van der Waals surface area contributed by atoms with Gasteiger partial charge < -0.3 is 9.64 Å². The van der Waals surface area contributed by atoms with Crippen LogP contribution in [0.2, 0.25) is 0 Å². The van der Waals surface area contributed by atoms with E-state index in [1.165, 1.54) is 19.2 Å². The van der Waals surface area contributed by atoms with Crippen molar-refractivity contribution in [2.75, 3.05) is 20.2 Å². The molecule has 1 aliphatic heterocycles. The maximum atomic E-state index is 13.2. The summed E-state index contributed by atoms with van der Waals surface area (Å²) in [6.45, 7) is 0.734. The summed E-state index contributed by atoms with van der Waals surface area (Å²) in [6, 6.07) is 6.05. The average molecular weight is 258 g/mol. The molecule has 3 nitrogen and oxygen atoms in total. The highest BCUT2D eigenvalue weighted by molar-refractivity contribution is 5.75. The van der Waals surface area contributed by atoms with Crippen molar-refractivity contribution in [1.82, 2.24) is 4.90 Å². The Morgan fingerprint density at radius 1 is 1.28 bits per heavy atom. The van der Waals surface area contributed by atoms with E-state index in [1.807, 2.05) is 0 Å². The van der Waals surface area contributed by atoms with Crippen molar-refractivity contribution in [3.8, 4) is 0 Å². The quantitative estimate of drug-likeness (QED) is 0.814. The van der Waals surface area contributed by atoms with E-state index in [2.05, 4.69) is 4.99 Å². The van der Waals surface area contributed by atoms with Gasteiger partial charge in [-0.05, 0) is 5.56 Å². The Balaban J connectivity index is 2.32. The minimum atomic E-state index is -4.38. The molecule has 0 saturated heterocycles. The van der Waals surface area contributed by atoms with Gasteiger partial charge in [-0.25, -0.2) is 4.99 Å². The molecule has 1 aromatic carbocycles. The van der Waals surface area contributed by atoms with Crippen LogP contribution in [-0.4, -0.2) is 37.3 Å². The number of amidine groups is 1. The molecule has 1 aliphatic rings. The molecular formula is C12H13F3N2O. The van der Waals surface area contributed by atoms with Gasteiger partial charge in [0, 0.05) is 7.05 Å². The fraction of sp³-hybridized carbons (Fsp3) is 0.417. The fourth-order valence-corrected chi connectivity index (χ4v) is 1.92. The van der Waals surface area contributed by atoms with Crippen molar-refractivity contribution in [2.24, 2.45) is 4.99 Å². The van der Waals surface area contributed by atoms with Crippen LogP contribution < -0.4 is 0 Å². The summed E-state index contributed by atoms with van der Waals surface area (Å²) >= 11 is 0. The normalized spacial score (nSPS) is 17.0. The van der Waals surface area contributed by atoms with E-state index in [1.54, 1.807) is 18.2 Å². The fourth-order valence-electron chi connectivity index (χ4n) is 1.92. The van der Waals surface area contributed by atoms with Crippen LogP contribution in [-0.2, 0) is 4.74 Å². The van der Waals surface area contributed by atoms with E-state index < -0.39 is 12.2 Å². The highest BCUT2D eigenvalue weighted by atomic mass is 19.4. The third kappa shape index (κ3) is 2.57. The largest absolute Gasteiger partial charge is 0.463 e. The zero-order valence-electron chi connectivity index (χ0n) is 9.81. The standard InChI is InChI=1S/C12H13F3N2O/c1-17(11-16-7-8-18-11)10(12(13,14)15)9-5-3-2-4-6-9/h2-6,10H,7-8H2,1H3. The smallest absolute Gasteiger partial charge is 0.413 e. The molecule has 0 N–H and O–H groups in total. The Morgan fingerprint density at radius 2 is 1.94 bits per heavy atom. The molecule has 2 rings (SSSR count). The van der Waals surface area contributed by atoms with Crippen LogP contribution in [0.5, 0.6) is 0 Å². The maximum absolute atomic E-state index is 13.2. The first kappa shape index (κ1) is 12.7. The second-order valence-corrected chi connectivity index (χ2v) is 3.98. The van der Waals surface area contributed by atoms with E-state index in [-0.39, 0.29) is 11.6 Å². The van der Waals surface area contributed by atoms with E-state index in [0.29, 0.717) is 13.2 Å². The van der Waals surface area contributed by atoms with Crippen LogP contribution in [0.3, 0.4) is 0 Å². The average Bonchev–Trinajstić information content (AvgIpc) is 2.82. The van der Waals surface area contributed by atoms with Gasteiger partial charge in [0.15, 0.2) is 6.04 Å². The number of benzene rings is 1. The SMILES string of the molecule is CN(C1=NCCO1)C(c1ccccc1)C(F)(F)F. The van der Waals surface area contributed by atoms with Crippen LogP contribution in [0, 0.1) is 0 Å². The molecule has 0 fully saturated rings. The van der Waals surface area contributed by atoms with Gasteiger partial charge in [0.25, 0.3) is 6.02 Å². The molecule has 18 heavy (non-hydrogen) atoms. The Kier molecular flexibility index (Phi) is 3.45. The lowest BCUT2D eigenvalue weighted by Gasteiger charge is -2.30. The van der Waals surface area contributed by atoms with Crippen LogP contribution in [0.25, 0.3) is 0 Å². The molecule has 0 aliphatic carbocycles. The third-order valence-corrected chi connectivity index (χ3v) is 2.68. The number of hydrogen-bond donors (Lipinski definition) is 0. The molecule has 6 heteroatoms. The van der Waals surface area contributed by atoms with Crippen LogP contribution in [0.1, 0.15) is 11.6 Å². The molecule has 98 valence electrons. The van der Waals surface area contributed by atoms with E-state index >= 15 is 0 Å². The Morgan fingerprint density at radius 3 is 2.44 bits per heavy atom. The van der Waals surface area contributed by atoms with Gasteiger partial charge in [-0.3, -0.25) is 0 Å². The van der Waals surface area contributed by atoms with Crippen molar-refractivity contribution in [3.63, 3.8) is 0 Å². The minimum absolute atomic E-state index is 0.0428. The van der Waals surface area contributed by atoms with Gasteiger partial charge in [-0.2, -0.15) is 13.2 Å². The Bertz CT molecular complexity index is 431. The second-order valence-electron chi connectivity index (χ2n) is 3.98. The molecule has 1 heterocycles. The second kappa shape index (κ2) is 4.88. The van der Waals surface area contributed by atoms with Crippen molar-refractivity contribution < 1.29 is 17.9 Å². The number of alkyl halides is 3. The highest BCUT2D eigenvalue weighted by Crippen LogP contribution is 2.37. The number of hydrogen-bond acceptors (Lipinski definition) is 3. The first-order valence-corrected chi connectivity index (χ1v) is 5.52. The Hall–Kier alpha value is -1.72. The molecular weight excluding hydrogens is 245 g/mol. The zero-order valence-corrected chi connectivity index (χ0v) is 9.81. The molecule has 1 unspecified atom stereocenters. The molecule has 0 bridgehead atoms. The molecule has 0 saturated carbocycles. The Labute approximate surface area is 103 Å². The summed E-state index contributed by atoms with van der Waals surface area (Å²) in [4.78, 5) is 4.95. The van der Waals surface area contributed by atoms with Gasteiger partial charge in [-0.1, -0.05) is 30.3 Å². The van der Waals surface area contributed by atoms with Gasteiger partial charge in [0.05, 0.1) is 6.54 Å². The number of nitrogens with zero attached hydrogens (tertiary/aromatic N) is 2. The monoisotopic (exact) mass is 258 g/mol. The number of aliphatic imine (C=N–C) groups is 1. The summed E-state index contributed by atoms with van der Waals surface area (Å²) in [5.41, 5.74) is 0.172. The lowest BCUT2D eigenvalue weighted by molar-refractivity contribution is -0.175. The maximum Gasteiger partial charge on any atom is 0.413 e. The topological polar surface area (TPSA) is 24.8 Å². The summed E-state index contributed by atoms with van der Waals surface area (Å²) in [5, 5.41) is 0. The van der Waals surface area contributed by atoms with Gasteiger partial charge in [-0.15, -0.1) is 0 Å². The predicted molar refractivity (Wildman–Crippen MR) is 61.3 cm³/mol. The summed E-state index contributed by atoms with van der Waals surface area (Å²) in [7, 11) is 1.34. The van der Waals surface area contributed by atoms with Crippen LogP contribution >= 0.6 is 0 Å². The van der Waals surface area contributed by atoms with Crippen molar-refractivity contribution in [3.05, 3.63) is 35.9 Å². The zero-order chi connectivity index (χ0) is 13.2. The van der Waals surface area contributed by atoms with Gasteiger partial charge >= 0.3 is 6.18 Å². The number of halogens is 3. The lowest BCUT2D eigenvalue weighted by Crippen LogP contribution is -2.39. The van der Waals surface area contributed by atoms with Crippen LogP contribution in [0.4, 0.5) is 13.2 Å². The molecule has 0 aromatic heterocycles.